The molecule has 128 valence electrons. The van der Waals surface area contributed by atoms with Crippen LogP contribution in [0.25, 0.3) is 0 Å². The zero-order valence-electron chi connectivity index (χ0n) is 14.7. The molecule has 0 radical (unpaired) electrons. The lowest BCUT2D eigenvalue weighted by Gasteiger charge is -2.36. The zero-order chi connectivity index (χ0) is 17.3. The van der Waals surface area contributed by atoms with E-state index in [9.17, 15) is 14.7 Å². The third-order valence-corrected chi connectivity index (χ3v) is 4.91. The average Bonchev–Trinajstić information content (AvgIpc) is 2.72. The van der Waals surface area contributed by atoms with Crippen molar-refractivity contribution in [2.24, 2.45) is 24.8 Å². The first-order valence-electron chi connectivity index (χ1n) is 8.21. The molecule has 0 saturated carbocycles. The number of aromatic nitrogens is 2. The summed E-state index contributed by atoms with van der Waals surface area (Å²) in [5.41, 5.74) is 3.16. The van der Waals surface area contributed by atoms with E-state index in [2.05, 4.69) is 5.10 Å². The largest absolute Gasteiger partial charge is 0.481 e. The lowest BCUT2D eigenvalue weighted by atomic mass is 9.89. The minimum absolute atomic E-state index is 0.0467. The number of carboxylic acids is 1. The molecule has 1 N–H and O–H groups in total. The highest BCUT2D eigenvalue weighted by molar-refractivity contribution is 5.80. The molecule has 0 spiro atoms. The summed E-state index contributed by atoms with van der Waals surface area (Å²) in [7, 11) is 1.90. The second kappa shape index (κ2) is 6.72. The predicted octanol–water partition coefficient (Wildman–Crippen LogP) is 1.78. The molecule has 1 fully saturated rings. The number of carbonyl (C=O) groups is 2. The molecule has 1 aliphatic rings. The number of carbonyl (C=O) groups excluding carboxylic acids is 1. The highest BCUT2D eigenvalue weighted by Crippen LogP contribution is 2.25. The maximum Gasteiger partial charge on any atom is 0.308 e. The van der Waals surface area contributed by atoms with Gasteiger partial charge in [-0.2, -0.15) is 5.10 Å². The van der Waals surface area contributed by atoms with Crippen molar-refractivity contribution in [2.75, 3.05) is 13.1 Å². The molecular weight excluding hydrogens is 294 g/mol. The van der Waals surface area contributed by atoms with Crippen molar-refractivity contribution in [1.29, 1.82) is 0 Å². The van der Waals surface area contributed by atoms with Crippen LogP contribution in [0.15, 0.2) is 0 Å². The molecule has 3 atom stereocenters. The number of nitrogens with zero attached hydrogens (tertiary/aromatic N) is 3. The molecule has 3 unspecified atom stereocenters. The Morgan fingerprint density at radius 1 is 1.35 bits per heavy atom. The summed E-state index contributed by atoms with van der Waals surface area (Å²) >= 11 is 0. The summed E-state index contributed by atoms with van der Waals surface area (Å²) in [4.78, 5) is 25.8. The van der Waals surface area contributed by atoms with Crippen LogP contribution in [-0.4, -0.2) is 44.8 Å². The zero-order valence-corrected chi connectivity index (χ0v) is 14.7. The van der Waals surface area contributed by atoms with E-state index in [1.54, 1.807) is 4.90 Å². The number of hydrogen-bond acceptors (Lipinski definition) is 3. The Bertz CT molecular complexity index is 608. The summed E-state index contributed by atoms with van der Waals surface area (Å²) in [6, 6.07) is 0. The molecular formula is C17H27N3O3. The van der Waals surface area contributed by atoms with Gasteiger partial charge in [0.25, 0.3) is 0 Å². The lowest BCUT2D eigenvalue weighted by molar-refractivity contribution is -0.148. The number of likely N-dealkylation sites (tertiary alicyclic amines) is 1. The molecule has 0 bridgehead atoms. The molecule has 6 nitrogen and oxygen atoms in total. The first-order valence-corrected chi connectivity index (χ1v) is 8.21. The third kappa shape index (κ3) is 3.74. The van der Waals surface area contributed by atoms with Gasteiger partial charge in [-0.15, -0.1) is 0 Å². The number of aryl methyl sites for hydroxylation is 2. The monoisotopic (exact) mass is 321 g/mol. The number of hydrogen-bond donors (Lipinski definition) is 1. The van der Waals surface area contributed by atoms with E-state index in [1.807, 2.05) is 39.4 Å². The smallest absolute Gasteiger partial charge is 0.308 e. The van der Waals surface area contributed by atoms with Gasteiger partial charge in [0.15, 0.2) is 0 Å². The fourth-order valence-electron chi connectivity index (χ4n) is 3.53. The fraction of sp³-hybridized carbons (Fsp3) is 0.706. The second-order valence-corrected chi connectivity index (χ2v) is 7.00. The highest BCUT2D eigenvalue weighted by Gasteiger charge is 2.33. The number of rotatable bonds is 4. The van der Waals surface area contributed by atoms with Crippen LogP contribution in [0.5, 0.6) is 0 Å². The predicted molar refractivity (Wildman–Crippen MR) is 87.0 cm³/mol. The van der Waals surface area contributed by atoms with Crippen molar-refractivity contribution < 1.29 is 14.7 Å². The Balaban J connectivity index is 2.08. The van der Waals surface area contributed by atoms with Crippen molar-refractivity contribution in [1.82, 2.24) is 14.7 Å². The number of aliphatic carboxylic acids is 1. The van der Waals surface area contributed by atoms with Crippen LogP contribution in [-0.2, 0) is 23.1 Å². The maximum absolute atomic E-state index is 12.8. The Kier molecular flexibility index (Phi) is 5.12. The summed E-state index contributed by atoms with van der Waals surface area (Å²) in [6.45, 7) is 8.88. The van der Waals surface area contributed by atoms with Gasteiger partial charge in [0.05, 0.1) is 11.6 Å². The third-order valence-electron chi connectivity index (χ3n) is 4.91. The van der Waals surface area contributed by atoms with Crippen molar-refractivity contribution in [2.45, 2.75) is 40.5 Å². The van der Waals surface area contributed by atoms with Gasteiger partial charge in [0.2, 0.25) is 5.91 Å². The standard InChI is InChI=1S/C17H27N3O3/c1-10-6-14(17(22)23)9-20(8-10)16(21)11(2)7-15-12(3)18-19(5)13(15)4/h10-11,14H,6-9H2,1-5H3,(H,22,23). The SMILES string of the molecule is Cc1nn(C)c(C)c1CC(C)C(=O)N1CC(C)CC(C(=O)O)C1. The second-order valence-electron chi connectivity index (χ2n) is 7.00. The molecule has 2 heterocycles. The summed E-state index contributed by atoms with van der Waals surface area (Å²) in [5, 5.41) is 13.7. The number of amides is 1. The minimum Gasteiger partial charge on any atom is -0.481 e. The van der Waals surface area contributed by atoms with Gasteiger partial charge in [0, 0.05) is 31.7 Å². The van der Waals surface area contributed by atoms with E-state index in [4.69, 9.17) is 0 Å². The molecule has 23 heavy (non-hydrogen) atoms. The first kappa shape index (κ1) is 17.5. The normalized spacial score (nSPS) is 22.9. The Labute approximate surface area is 137 Å². The van der Waals surface area contributed by atoms with Gasteiger partial charge in [-0.25, -0.2) is 0 Å². The Morgan fingerprint density at radius 3 is 2.52 bits per heavy atom. The van der Waals surface area contributed by atoms with Crippen LogP contribution >= 0.6 is 0 Å². The van der Waals surface area contributed by atoms with Crippen molar-refractivity contribution in [3.63, 3.8) is 0 Å². The van der Waals surface area contributed by atoms with E-state index in [0.29, 0.717) is 25.9 Å². The van der Waals surface area contributed by atoms with Gasteiger partial charge >= 0.3 is 5.97 Å². The van der Waals surface area contributed by atoms with Gasteiger partial charge < -0.3 is 10.0 Å². The molecule has 0 aromatic carbocycles. The molecule has 1 aliphatic heterocycles. The molecule has 0 aliphatic carbocycles. The summed E-state index contributed by atoms with van der Waals surface area (Å²) in [6.07, 6.45) is 1.29. The van der Waals surface area contributed by atoms with Crippen LogP contribution in [0.2, 0.25) is 0 Å². The van der Waals surface area contributed by atoms with Crippen molar-refractivity contribution >= 4 is 11.9 Å². The lowest BCUT2D eigenvalue weighted by Crippen LogP contribution is -2.47. The van der Waals surface area contributed by atoms with Crippen LogP contribution in [0, 0.1) is 31.6 Å². The highest BCUT2D eigenvalue weighted by atomic mass is 16.4. The summed E-state index contributed by atoms with van der Waals surface area (Å²) < 4.78 is 1.84. The van der Waals surface area contributed by atoms with E-state index in [-0.39, 0.29) is 17.7 Å². The maximum atomic E-state index is 12.8. The van der Waals surface area contributed by atoms with E-state index in [1.165, 1.54) is 0 Å². The Morgan fingerprint density at radius 2 is 2.00 bits per heavy atom. The molecule has 1 saturated heterocycles. The average molecular weight is 321 g/mol. The Hall–Kier alpha value is -1.85. The van der Waals surface area contributed by atoms with Gasteiger partial charge in [0.1, 0.15) is 0 Å². The van der Waals surface area contributed by atoms with Gasteiger partial charge in [-0.05, 0) is 38.2 Å². The molecule has 2 rings (SSSR count). The molecule has 1 amide bonds. The number of piperidine rings is 1. The van der Waals surface area contributed by atoms with Crippen LogP contribution in [0.1, 0.15) is 37.2 Å². The molecule has 1 aromatic rings. The number of carboxylic acid groups (broad SMARTS) is 1. The van der Waals surface area contributed by atoms with Gasteiger partial charge in [-0.3, -0.25) is 14.3 Å². The van der Waals surface area contributed by atoms with Crippen LogP contribution < -0.4 is 0 Å². The van der Waals surface area contributed by atoms with Gasteiger partial charge in [-0.1, -0.05) is 13.8 Å². The molecule has 6 heteroatoms. The first-order chi connectivity index (χ1) is 10.7. The topological polar surface area (TPSA) is 75.4 Å². The quantitative estimate of drug-likeness (QED) is 0.917. The van der Waals surface area contributed by atoms with Crippen molar-refractivity contribution in [3.8, 4) is 0 Å². The minimum atomic E-state index is -0.805. The van der Waals surface area contributed by atoms with Crippen molar-refractivity contribution in [3.05, 3.63) is 17.0 Å². The summed E-state index contributed by atoms with van der Waals surface area (Å²) in [5.74, 6) is -1.15. The molecule has 1 aromatic heterocycles. The van der Waals surface area contributed by atoms with E-state index >= 15 is 0 Å². The van der Waals surface area contributed by atoms with Crippen LogP contribution in [0.4, 0.5) is 0 Å². The fourth-order valence-corrected chi connectivity index (χ4v) is 3.53. The van der Waals surface area contributed by atoms with Crippen LogP contribution in [0.3, 0.4) is 0 Å². The van der Waals surface area contributed by atoms with E-state index < -0.39 is 11.9 Å². The van der Waals surface area contributed by atoms with E-state index in [0.717, 1.165) is 17.0 Å².